The van der Waals surface area contributed by atoms with Crippen LogP contribution in [-0.4, -0.2) is 45.6 Å². The topological polar surface area (TPSA) is 101 Å². The second-order valence-corrected chi connectivity index (χ2v) is 7.78. The highest BCUT2D eigenvalue weighted by molar-refractivity contribution is 6.06. The second kappa shape index (κ2) is 8.69. The Morgan fingerprint density at radius 3 is 2.57 bits per heavy atom. The monoisotopic (exact) mass is 406 g/mol. The number of nitrogens with one attached hydrogen (secondary N) is 1. The molecule has 2 aromatic carbocycles. The number of carbonyl (C=O) groups is 2. The fourth-order valence-electron chi connectivity index (χ4n) is 4.06. The summed E-state index contributed by atoms with van der Waals surface area (Å²) in [5.41, 5.74) is 8.90. The lowest BCUT2D eigenvalue weighted by molar-refractivity contribution is -0.121. The van der Waals surface area contributed by atoms with Gasteiger partial charge in [-0.3, -0.25) is 14.5 Å². The predicted molar refractivity (Wildman–Crippen MR) is 115 cm³/mol. The van der Waals surface area contributed by atoms with Crippen LogP contribution in [0, 0.1) is 0 Å². The van der Waals surface area contributed by atoms with Gasteiger partial charge in [-0.05, 0) is 23.6 Å². The molecule has 1 aliphatic heterocycles. The van der Waals surface area contributed by atoms with E-state index in [2.05, 4.69) is 16.3 Å². The van der Waals surface area contributed by atoms with Crippen molar-refractivity contribution < 1.29 is 14.7 Å². The lowest BCUT2D eigenvalue weighted by atomic mass is 10.1. The zero-order valence-electron chi connectivity index (χ0n) is 16.8. The Morgan fingerprint density at radius 1 is 1.10 bits per heavy atom. The van der Waals surface area contributed by atoms with E-state index >= 15 is 0 Å². The maximum Gasteiger partial charge on any atom is 0.250 e. The molecule has 30 heavy (non-hydrogen) atoms. The highest BCUT2D eigenvalue weighted by Crippen LogP contribution is 2.21. The normalized spacial score (nSPS) is 16.8. The molecule has 1 saturated heterocycles. The summed E-state index contributed by atoms with van der Waals surface area (Å²) >= 11 is 0. The number of fused-ring (bicyclic) bond motifs is 1. The second-order valence-electron chi connectivity index (χ2n) is 7.78. The van der Waals surface area contributed by atoms with Gasteiger partial charge in [0.15, 0.2) is 0 Å². The first-order valence-corrected chi connectivity index (χ1v) is 10.1. The number of carbonyl (C=O) groups excluding carboxylic acids is 2. The fourth-order valence-corrected chi connectivity index (χ4v) is 4.06. The van der Waals surface area contributed by atoms with E-state index in [9.17, 15) is 14.7 Å². The van der Waals surface area contributed by atoms with Crippen molar-refractivity contribution in [2.45, 2.75) is 32.2 Å². The summed E-state index contributed by atoms with van der Waals surface area (Å²) in [7, 11) is 0. The van der Waals surface area contributed by atoms with E-state index in [1.54, 1.807) is 10.8 Å². The smallest absolute Gasteiger partial charge is 0.250 e. The van der Waals surface area contributed by atoms with E-state index in [0.29, 0.717) is 18.7 Å². The number of likely N-dealkylation sites (tertiary alicyclic amines) is 1. The molecule has 0 aliphatic carbocycles. The van der Waals surface area contributed by atoms with Crippen molar-refractivity contribution in [1.82, 2.24) is 14.8 Å². The molecule has 7 heteroatoms. The summed E-state index contributed by atoms with van der Waals surface area (Å²) in [5.74, 6) is -0.649. The van der Waals surface area contributed by atoms with E-state index < -0.39 is 5.91 Å². The molecule has 0 saturated carbocycles. The largest absolute Gasteiger partial charge is 0.392 e. The number of rotatable bonds is 7. The maximum atomic E-state index is 12.6. The molecular formula is C23H26N4O3. The van der Waals surface area contributed by atoms with E-state index in [0.717, 1.165) is 41.5 Å². The number of β-amino-alcohol motifs (C(OH)–C–C–N with tert-alkyl or cyclic N) is 1. The summed E-state index contributed by atoms with van der Waals surface area (Å²) in [6.07, 6.45) is 2.19. The van der Waals surface area contributed by atoms with Crippen LogP contribution in [0.1, 0.15) is 27.9 Å². The number of benzene rings is 2. The molecule has 3 aromatic rings. The lowest BCUT2D eigenvalue weighted by Crippen LogP contribution is -2.28. The Labute approximate surface area is 175 Å². The highest BCUT2D eigenvalue weighted by Gasteiger charge is 2.21. The van der Waals surface area contributed by atoms with Gasteiger partial charge in [-0.1, -0.05) is 42.5 Å². The quantitative estimate of drug-likeness (QED) is 0.555. The van der Waals surface area contributed by atoms with Crippen molar-refractivity contribution in [3.63, 3.8) is 0 Å². The van der Waals surface area contributed by atoms with E-state index in [4.69, 9.17) is 5.73 Å². The van der Waals surface area contributed by atoms with Crippen LogP contribution < -0.4 is 11.1 Å². The first-order valence-electron chi connectivity index (χ1n) is 10.1. The number of hydrogen-bond donors (Lipinski definition) is 3. The number of aromatic nitrogens is 1. The first kappa shape index (κ1) is 20.1. The van der Waals surface area contributed by atoms with Gasteiger partial charge in [0.1, 0.15) is 6.54 Å². The standard InChI is InChI=1S/C23H26N4O3/c24-23(30)20-14-27(21-8-4-3-7-19(20)21)15-22(29)25-11-16-5-1-2-6-17(16)12-26-10-9-18(28)13-26/h1-8,14,18,28H,9-13,15H2,(H2,24,30)(H,25,29). The minimum absolute atomic E-state index is 0.105. The van der Waals surface area contributed by atoms with E-state index in [1.807, 2.05) is 42.5 Å². The molecular weight excluding hydrogens is 380 g/mol. The molecule has 7 nitrogen and oxygen atoms in total. The Kier molecular flexibility index (Phi) is 5.83. The molecule has 1 aliphatic rings. The average molecular weight is 406 g/mol. The van der Waals surface area contributed by atoms with Gasteiger partial charge in [-0.2, -0.15) is 0 Å². The zero-order chi connectivity index (χ0) is 21.1. The van der Waals surface area contributed by atoms with Crippen molar-refractivity contribution in [2.75, 3.05) is 13.1 Å². The molecule has 0 spiro atoms. The van der Waals surface area contributed by atoms with Crippen molar-refractivity contribution in [3.8, 4) is 0 Å². The molecule has 2 amide bonds. The van der Waals surface area contributed by atoms with Crippen LogP contribution >= 0.6 is 0 Å². The summed E-state index contributed by atoms with van der Waals surface area (Å²) in [4.78, 5) is 26.6. The molecule has 1 fully saturated rings. The van der Waals surface area contributed by atoms with Crippen LogP contribution in [-0.2, 0) is 24.4 Å². The Morgan fingerprint density at radius 2 is 1.83 bits per heavy atom. The fraction of sp³-hybridized carbons (Fsp3) is 0.304. The van der Waals surface area contributed by atoms with Crippen molar-refractivity contribution in [2.24, 2.45) is 5.73 Å². The first-order chi connectivity index (χ1) is 14.5. The van der Waals surface area contributed by atoms with Crippen LogP contribution in [0.25, 0.3) is 10.9 Å². The minimum Gasteiger partial charge on any atom is -0.392 e. The van der Waals surface area contributed by atoms with E-state index in [1.165, 1.54) is 0 Å². The Hall–Kier alpha value is -3.16. The van der Waals surface area contributed by atoms with Crippen LogP contribution in [0.3, 0.4) is 0 Å². The maximum absolute atomic E-state index is 12.6. The summed E-state index contributed by atoms with van der Waals surface area (Å²) in [6, 6.07) is 15.4. The number of primary amides is 1. The summed E-state index contributed by atoms with van der Waals surface area (Å²) in [5, 5.41) is 13.5. The molecule has 1 atom stereocenters. The van der Waals surface area contributed by atoms with Crippen molar-refractivity contribution in [3.05, 3.63) is 71.4 Å². The van der Waals surface area contributed by atoms with Crippen molar-refractivity contribution in [1.29, 1.82) is 0 Å². The number of aliphatic hydroxyl groups excluding tert-OH is 1. The van der Waals surface area contributed by atoms with Gasteiger partial charge in [0.2, 0.25) is 5.91 Å². The van der Waals surface area contributed by atoms with Gasteiger partial charge in [-0.15, -0.1) is 0 Å². The third kappa shape index (κ3) is 4.37. The highest BCUT2D eigenvalue weighted by atomic mass is 16.3. The molecule has 4 N–H and O–H groups in total. The van der Waals surface area contributed by atoms with Gasteiger partial charge >= 0.3 is 0 Å². The number of nitrogens with two attached hydrogens (primary N) is 1. The van der Waals surface area contributed by atoms with Gasteiger partial charge in [-0.25, -0.2) is 0 Å². The Balaban J connectivity index is 1.43. The Bertz CT molecular complexity index is 1080. The summed E-state index contributed by atoms with van der Waals surface area (Å²) < 4.78 is 1.75. The van der Waals surface area contributed by atoms with Crippen molar-refractivity contribution >= 4 is 22.7 Å². The van der Waals surface area contributed by atoms with Gasteiger partial charge in [0.25, 0.3) is 5.91 Å². The molecule has 0 radical (unpaired) electrons. The lowest BCUT2D eigenvalue weighted by Gasteiger charge is -2.18. The zero-order valence-corrected chi connectivity index (χ0v) is 16.8. The van der Waals surface area contributed by atoms with E-state index in [-0.39, 0.29) is 18.6 Å². The molecule has 0 bridgehead atoms. The van der Waals surface area contributed by atoms with Gasteiger partial charge < -0.3 is 20.7 Å². The third-order valence-electron chi connectivity index (χ3n) is 5.60. The minimum atomic E-state index is -0.508. The molecule has 156 valence electrons. The van der Waals surface area contributed by atoms with Crippen LogP contribution in [0.2, 0.25) is 0 Å². The predicted octanol–water partition coefficient (Wildman–Crippen LogP) is 1.62. The van der Waals surface area contributed by atoms with Gasteiger partial charge in [0.05, 0.1) is 11.7 Å². The third-order valence-corrected chi connectivity index (χ3v) is 5.60. The average Bonchev–Trinajstić information content (AvgIpc) is 3.31. The van der Waals surface area contributed by atoms with Crippen LogP contribution in [0.15, 0.2) is 54.7 Å². The number of hydrogen-bond acceptors (Lipinski definition) is 4. The number of aliphatic hydroxyl groups is 1. The summed E-state index contributed by atoms with van der Waals surface area (Å²) in [6.45, 7) is 2.85. The number of nitrogens with zero attached hydrogens (tertiary/aromatic N) is 2. The van der Waals surface area contributed by atoms with Crippen LogP contribution in [0.4, 0.5) is 0 Å². The number of para-hydroxylation sites is 1. The molecule has 4 rings (SSSR count). The SMILES string of the molecule is NC(=O)c1cn(CC(=O)NCc2ccccc2CN2CCC(O)C2)c2ccccc12. The van der Waals surface area contributed by atoms with Crippen LogP contribution in [0.5, 0.6) is 0 Å². The number of amides is 2. The molecule has 1 aromatic heterocycles. The van der Waals surface area contributed by atoms with Gasteiger partial charge in [0, 0.05) is 43.3 Å². The molecule has 2 heterocycles. The molecule has 1 unspecified atom stereocenters.